The number of aryl methyl sites for hydroxylation is 12. The van der Waals surface area contributed by atoms with Gasteiger partial charge in [0.1, 0.15) is 123 Å². The van der Waals surface area contributed by atoms with E-state index in [1.807, 2.05) is 218 Å². The minimum atomic E-state index is -3.17. The molecule has 0 fully saturated rings. The molecule has 0 N–H and O–H groups in total. The summed E-state index contributed by atoms with van der Waals surface area (Å²) < 4.78 is 84.8. The van der Waals surface area contributed by atoms with Gasteiger partial charge < -0.3 is 86.2 Å². The van der Waals surface area contributed by atoms with Crippen LogP contribution in [-0.4, -0.2) is 44.4 Å². The minimum absolute atomic E-state index is 1.06. The number of halogens is 6. The van der Waals surface area contributed by atoms with Gasteiger partial charge in [0.05, 0.1) is 0 Å². The zero-order valence-electron chi connectivity index (χ0n) is 71.1. The molecule has 0 saturated carbocycles. The first kappa shape index (κ1) is 120. The van der Waals surface area contributed by atoms with Crippen LogP contribution in [0.25, 0.3) is 0 Å². The van der Waals surface area contributed by atoms with Gasteiger partial charge in [-0.3, -0.25) is 0 Å². The molecule has 0 bridgehead atoms. The van der Waals surface area contributed by atoms with E-state index >= 15 is 0 Å². The standard InChI is InChI=1S/12C7H10N.6BFO2/c12*1-2-8-6-4-3-5-7-8;6*2-1(3)4/h12*3-7H,2H2,1H3;;;;;;/q12*+1;6*-2. The van der Waals surface area contributed by atoms with Crippen molar-refractivity contribution in [3.8, 4) is 0 Å². The van der Waals surface area contributed by atoms with Crippen molar-refractivity contribution < 1.29 is 141 Å². The van der Waals surface area contributed by atoms with Gasteiger partial charge in [-0.25, -0.2) is 54.8 Å². The van der Waals surface area contributed by atoms with Crippen molar-refractivity contribution in [2.45, 2.75) is 162 Å². The molecule has 0 radical (unpaired) electrons. The molecule has 120 heavy (non-hydrogen) atoms. The van der Waals surface area contributed by atoms with Gasteiger partial charge in [-0.2, -0.15) is 0 Å². The number of rotatable bonds is 12. The molecule has 12 aromatic heterocycles. The van der Waals surface area contributed by atoms with Crippen molar-refractivity contribution in [2.24, 2.45) is 0 Å². The fraction of sp³-hybridized carbons (Fsp3) is 0.286. The average molecular weight is 1670 g/mol. The number of hydrogen-bond donors (Lipinski definition) is 0. The van der Waals surface area contributed by atoms with E-state index in [2.05, 4.69) is 287 Å². The molecule has 12 heterocycles. The summed E-state index contributed by atoms with van der Waals surface area (Å²) in [6.45, 7) is 38.2. The van der Waals surface area contributed by atoms with Crippen LogP contribution in [0.5, 0.6) is 0 Å². The van der Waals surface area contributed by atoms with Crippen molar-refractivity contribution in [1.29, 1.82) is 0 Å². The lowest BCUT2D eigenvalue weighted by Crippen LogP contribution is -2.39. The van der Waals surface area contributed by atoms with Gasteiger partial charge in [0.2, 0.25) is 0 Å². The highest BCUT2D eigenvalue weighted by atomic mass is 19.1. The summed E-state index contributed by atoms with van der Waals surface area (Å²) in [6, 6.07) is 73.0. The number of nitrogens with zero attached hydrogens (tertiary/aromatic N) is 12. The SMILES string of the molecule is CC[n+]1ccccc1.CC[n+]1ccccc1.CC[n+]1ccccc1.CC[n+]1ccccc1.CC[n+]1ccccc1.CC[n+]1ccccc1.CC[n+]1ccccc1.CC[n+]1ccccc1.CC[n+]1ccccc1.CC[n+]1ccccc1.CC[n+]1ccccc1.CC[n+]1ccccc1.[O-]B([O-])F.[O-]B([O-])F.[O-]B([O-])F.[O-]B([O-])F.[O-]B([O-])F.[O-]B([O-])F. The van der Waals surface area contributed by atoms with Gasteiger partial charge in [0.25, 0.3) is 0 Å². The number of pyridine rings is 12. The average Bonchev–Trinajstić information content (AvgIpc) is 1.11. The lowest BCUT2D eigenvalue weighted by atomic mass is 10.3. The maximum absolute atomic E-state index is 9.89. The topological polar surface area (TPSA) is 323 Å². The monoisotopic (exact) mass is 1670 g/mol. The summed E-state index contributed by atoms with van der Waals surface area (Å²) >= 11 is 0. The highest BCUT2D eigenvalue weighted by Crippen LogP contribution is 1.83. The number of aromatic nitrogens is 12. The van der Waals surface area contributed by atoms with Gasteiger partial charge in [0.15, 0.2) is 149 Å². The minimum Gasteiger partial charge on any atom is -0.867 e. The quantitative estimate of drug-likeness (QED) is 0.0722. The Bertz CT molecular complexity index is 2980. The van der Waals surface area contributed by atoms with Crippen molar-refractivity contribution in [3.05, 3.63) is 367 Å². The van der Waals surface area contributed by atoms with E-state index < -0.39 is 44.4 Å². The highest BCUT2D eigenvalue weighted by molar-refractivity contribution is 6.28. The highest BCUT2D eigenvalue weighted by Gasteiger charge is 1.94. The first-order valence-electron chi connectivity index (χ1n) is 38.6. The third-order valence-electron chi connectivity index (χ3n) is 13.7. The van der Waals surface area contributed by atoms with E-state index in [4.69, 9.17) is 60.3 Å². The zero-order chi connectivity index (χ0) is 91.3. The molecule has 12 rings (SSSR count). The van der Waals surface area contributed by atoms with Crippen LogP contribution in [0, 0.1) is 0 Å². The Labute approximate surface area is 710 Å². The lowest BCUT2D eigenvalue weighted by Gasteiger charge is -2.09. The Morgan fingerprint density at radius 2 is 0.167 bits per heavy atom. The van der Waals surface area contributed by atoms with E-state index in [1.165, 1.54) is 0 Å². The summed E-state index contributed by atoms with van der Waals surface area (Å²) in [4.78, 5) is 0. The van der Waals surface area contributed by atoms with E-state index in [9.17, 15) is 25.9 Å². The van der Waals surface area contributed by atoms with Crippen LogP contribution in [0.3, 0.4) is 0 Å². The first-order valence-corrected chi connectivity index (χ1v) is 38.6. The molecular formula is C84H120B6F6N12O12. The van der Waals surface area contributed by atoms with Crippen LogP contribution >= 0.6 is 0 Å². The van der Waals surface area contributed by atoms with E-state index in [0.29, 0.717) is 0 Å². The van der Waals surface area contributed by atoms with Crippen molar-refractivity contribution >= 4 is 44.4 Å². The van der Waals surface area contributed by atoms with E-state index in [0.717, 1.165) is 78.5 Å². The molecule has 0 amide bonds. The summed E-state index contributed by atoms with van der Waals surface area (Å²) in [5, 5.41) is 99.7. The number of hydrogen-bond acceptors (Lipinski definition) is 12. The Balaban J connectivity index is -0.000000289. The molecular weight excluding hydrogens is 1550 g/mol. The molecule has 0 aliphatic rings. The predicted molar refractivity (Wildman–Crippen MR) is 429 cm³/mol. The van der Waals surface area contributed by atoms with E-state index in [1.54, 1.807) is 0 Å². The van der Waals surface area contributed by atoms with Gasteiger partial charge in [-0.05, 0) is 83.1 Å². The maximum Gasteiger partial charge on any atom is 0.168 e. The second kappa shape index (κ2) is 93.8. The Morgan fingerprint density at radius 3 is 0.192 bits per heavy atom. The smallest absolute Gasteiger partial charge is 0.168 e. The van der Waals surface area contributed by atoms with Gasteiger partial charge in [-0.1, -0.05) is 72.8 Å². The summed E-state index contributed by atoms with van der Waals surface area (Å²) in [7, 11) is -19.0. The second-order valence-corrected chi connectivity index (χ2v) is 22.1. The molecule has 0 aliphatic heterocycles. The third-order valence-corrected chi connectivity index (χ3v) is 13.7. The predicted octanol–water partition coefficient (Wildman–Crippen LogP) is -2.10. The van der Waals surface area contributed by atoms with Crippen LogP contribution in [0.15, 0.2) is 367 Å². The van der Waals surface area contributed by atoms with Crippen LogP contribution in [0.1, 0.15) is 83.1 Å². The van der Waals surface area contributed by atoms with E-state index in [-0.39, 0.29) is 0 Å². The zero-order valence-corrected chi connectivity index (χ0v) is 71.1. The summed E-state index contributed by atoms with van der Waals surface area (Å²) in [5.41, 5.74) is 0. The van der Waals surface area contributed by atoms with Gasteiger partial charge in [-0.15, -0.1) is 0 Å². The summed E-state index contributed by atoms with van der Waals surface area (Å²) in [5.74, 6) is 0. The molecule has 0 atom stereocenters. The molecule has 0 unspecified atom stereocenters. The Hall–Kier alpha value is -10.7. The summed E-state index contributed by atoms with van der Waals surface area (Å²) in [6.07, 6.45) is 49.3. The molecule has 0 saturated heterocycles. The first-order chi connectivity index (χ1) is 57.6. The fourth-order valence-electron chi connectivity index (χ4n) is 7.74. The molecule has 24 nitrogen and oxygen atoms in total. The van der Waals surface area contributed by atoms with Gasteiger partial charge in [0, 0.05) is 146 Å². The van der Waals surface area contributed by atoms with Crippen molar-refractivity contribution in [3.63, 3.8) is 0 Å². The van der Waals surface area contributed by atoms with Crippen LogP contribution in [0.4, 0.5) is 25.9 Å². The van der Waals surface area contributed by atoms with Crippen molar-refractivity contribution in [1.82, 2.24) is 0 Å². The Kier molecular flexibility index (Phi) is 93.9. The largest absolute Gasteiger partial charge is 0.867 e. The van der Waals surface area contributed by atoms with Gasteiger partial charge >= 0.3 is 0 Å². The fourth-order valence-corrected chi connectivity index (χ4v) is 7.74. The van der Waals surface area contributed by atoms with Crippen LogP contribution in [-0.2, 0) is 78.5 Å². The third kappa shape index (κ3) is 101. The molecule has 0 aliphatic carbocycles. The maximum atomic E-state index is 9.89. The normalized spacial score (nSPS) is 8.65. The Morgan fingerprint density at radius 1 is 0.125 bits per heavy atom. The van der Waals surface area contributed by atoms with Crippen LogP contribution in [0.2, 0.25) is 0 Å². The molecule has 0 spiro atoms. The van der Waals surface area contributed by atoms with Crippen molar-refractivity contribution in [2.75, 3.05) is 0 Å². The lowest BCUT2D eigenvalue weighted by molar-refractivity contribution is -0.693. The molecule has 648 valence electrons. The molecule has 36 heteroatoms. The molecule has 12 aromatic rings. The molecule has 0 aromatic carbocycles. The second-order valence-electron chi connectivity index (χ2n) is 22.1. The van der Waals surface area contributed by atoms with Crippen LogP contribution < -0.4 is 115 Å².